The van der Waals surface area contributed by atoms with Gasteiger partial charge in [-0.1, -0.05) is 6.07 Å². The third-order valence-corrected chi connectivity index (χ3v) is 4.03. The van der Waals surface area contributed by atoms with E-state index in [-0.39, 0.29) is 0 Å². The minimum atomic E-state index is 0.840. The summed E-state index contributed by atoms with van der Waals surface area (Å²) >= 11 is 4.70. The Bertz CT molecular complexity index is 817. The third kappa shape index (κ3) is 2.71. The van der Waals surface area contributed by atoms with Gasteiger partial charge in [-0.2, -0.15) is 4.99 Å². The van der Waals surface area contributed by atoms with Crippen LogP contribution in [0.15, 0.2) is 35.5 Å². The van der Waals surface area contributed by atoms with E-state index in [2.05, 4.69) is 58.3 Å². The first-order valence-corrected chi connectivity index (χ1v) is 7.56. The molecule has 2 aromatic rings. The fourth-order valence-corrected chi connectivity index (χ4v) is 2.92. The second-order valence-corrected chi connectivity index (χ2v) is 5.80. The third-order valence-electron chi connectivity index (χ3n) is 3.94. The standard InChI is InChI=1S/C18H17N3S/c1-12-4-5-16(20-11-22)8-17(12)15-7-14-9-19-13(2)6-18(14)21(3)10-15/h4-9H,10H2,1-3H3. The molecule has 2 heterocycles. The molecule has 0 saturated carbocycles. The summed E-state index contributed by atoms with van der Waals surface area (Å²) in [6.07, 6.45) is 4.16. The molecule has 1 aromatic heterocycles. The first-order chi connectivity index (χ1) is 10.6. The van der Waals surface area contributed by atoms with Gasteiger partial charge in [-0.25, -0.2) is 0 Å². The Kier molecular flexibility index (Phi) is 3.88. The molecule has 0 N–H and O–H groups in total. The molecular formula is C18H17N3S. The molecule has 1 aliphatic heterocycles. The smallest absolute Gasteiger partial charge is 0.0745 e. The van der Waals surface area contributed by atoms with Crippen molar-refractivity contribution in [2.75, 3.05) is 18.5 Å². The van der Waals surface area contributed by atoms with Crippen molar-refractivity contribution >= 4 is 40.4 Å². The molecule has 0 spiro atoms. The maximum atomic E-state index is 4.70. The van der Waals surface area contributed by atoms with Crippen LogP contribution >= 0.6 is 12.2 Å². The van der Waals surface area contributed by atoms with Crippen molar-refractivity contribution in [1.29, 1.82) is 0 Å². The van der Waals surface area contributed by atoms with Crippen LogP contribution in [-0.4, -0.2) is 23.7 Å². The molecule has 0 saturated heterocycles. The first kappa shape index (κ1) is 14.6. The van der Waals surface area contributed by atoms with Crippen molar-refractivity contribution in [3.05, 3.63) is 52.8 Å². The maximum Gasteiger partial charge on any atom is 0.0745 e. The van der Waals surface area contributed by atoms with Crippen molar-refractivity contribution in [3.8, 4) is 0 Å². The predicted octanol–water partition coefficient (Wildman–Crippen LogP) is 4.42. The van der Waals surface area contributed by atoms with Gasteiger partial charge in [0.2, 0.25) is 0 Å². The quantitative estimate of drug-likeness (QED) is 0.607. The summed E-state index contributed by atoms with van der Waals surface area (Å²) in [6.45, 7) is 5.00. The average molecular weight is 307 g/mol. The number of fused-ring (bicyclic) bond motifs is 1. The van der Waals surface area contributed by atoms with Crippen molar-refractivity contribution in [2.45, 2.75) is 13.8 Å². The maximum absolute atomic E-state index is 4.70. The average Bonchev–Trinajstić information content (AvgIpc) is 2.50. The molecule has 0 unspecified atom stereocenters. The van der Waals surface area contributed by atoms with Crippen molar-refractivity contribution < 1.29 is 0 Å². The van der Waals surface area contributed by atoms with E-state index < -0.39 is 0 Å². The van der Waals surface area contributed by atoms with Crippen molar-refractivity contribution in [2.24, 2.45) is 4.99 Å². The van der Waals surface area contributed by atoms with E-state index >= 15 is 0 Å². The van der Waals surface area contributed by atoms with Gasteiger partial charge in [-0.3, -0.25) is 4.98 Å². The molecule has 1 aliphatic rings. The van der Waals surface area contributed by atoms with Gasteiger partial charge >= 0.3 is 0 Å². The Balaban J connectivity index is 2.11. The lowest BCUT2D eigenvalue weighted by atomic mass is 9.94. The molecule has 0 amide bonds. The molecule has 0 fully saturated rings. The number of nitrogens with zero attached hydrogens (tertiary/aromatic N) is 3. The molecule has 0 bridgehead atoms. The number of hydrogen-bond donors (Lipinski definition) is 0. The number of likely N-dealkylation sites (N-methyl/N-ethyl adjacent to an activating group) is 1. The summed E-state index contributed by atoms with van der Waals surface area (Å²) in [7, 11) is 2.11. The van der Waals surface area contributed by atoms with Gasteiger partial charge in [0.1, 0.15) is 0 Å². The van der Waals surface area contributed by atoms with E-state index in [0.717, 1.165) is 23.5 Å². The number of aryl methyl sites for hydroxylation is 2. The normalized spacial score (nSPS) is 13.2. The zero-order valence-electron chi connectivity index (χ0n) is 12.9. The van der Waals surface area contributed by atoms with Crippen LogP contribution in [0.1, 0.15) is 22.4 Å². The van der Waals surface area contributed by atoms with Gasteiger partial charge in [-0.15, -0.1) is 0 Å². The number of benzene rings is 1. The largest absolute Gasteiger partial charge is 0.370 e. The highest BCUT2D eigenvalue weighted by atomic mass is 32.1. The van der Waals surface area contributed by atoms with Crippen LogP contribution in [0.25, 0.3) is 11.6 Å². The summed E-state index contributed by atoms with van der Waals surface area (Å²) in [5.74, 6) is 0. The summed E-state index contributed by atoms with van der Waals surface area (Å²) in [6, 6.07) is 8.23. The number of aromatic nitrogens is 1. The summed E-state index contributed by atoms with van der Waals surface area (Å²) in [5, 5.41) is 2.43. The van der Waals surface area contributed by atoms with Crippen LogP contribution in [0, 0.1) is 13.8 Å². The minimum absolute atomic E-state index is 0.840. The number of aliphatic imine (C=N–C) groups is 1. The monoisotopic (exact) mass is 307 g/mol. The Hall–Kier alpha value is -2.29. The summed E-state index contributed by atoms with van der Waals surface area (Å²) in [5.41, 5.74) is 7.94. The van der Waals surface area contributed by atoms with Crippen LogP contribution in [-0.2, 0) is 0 Å². The summed E-state index contributed by atoms with van der Waals surface area (Å²) < 4.78 is 0. The number of isothiocyanates is 1. The van der Waals surface area contributed by atoms with Gasteiger partial charge in [-0.05, 0) is 67.0 Å². The fraction of sp³-hybridized carbons (Fsp3) is 0.222. The number of anilines is 1. The number of thiocarbonyl (C=S) groups is 1. The highest BCUT2D eigenvalue weighted by molar-refractivity contribution is 7.78. The van der Waals surface area contributed by atoms with Gasteiger partial charge in [0.05, 0.1) is 10.8 Å². The van der Waals surface area contributed by atoms with Crippen molar-refractivity contribution in [3.63, 3.8) is 0 Å². The zero-order valence-corrected chi connectivity index (χ0v) is 13.7. The number of rotatable bonds is 2. The lowest BCUT2D eigenvalue weighted by Crippen LogP contribution is -2.24. The Morgan fingerprint density at radius 1 is 1.27 bits per heavy atom. The van der Waals surface area contributed by atoms with Gasteiger partial charge in [0.25, 0.3) is 0 Å². The molecule has 0 atom stereocenters. The Labute approximate surface area is 136 Å². The second kappa shape index (κ2) is 5.84. The molecule has 1 aromatic carbocycles. The highest BCUT2D eigenvalue weighted by Crippen LogP contribution is 2.34. The molecule has 0 radical (unpaired) electrons. The minimum Gasteiger partial charge on any atom is -0.370 e. The van der Waals surface area contributed by atoms with E-state index in [4.69, 9.17) is 12.2 Å². The van der Waals surface area contributed by atoms with Gasteiger partial charge in [0, 0.05) is 36.7 Å². The topological polar surface area (TPSA) is 28.5 Å². The number of hydrogen-bond acceptors (Lipinski definition) is 4. The molecule has 4 heteroatoms. The molecule has 110 valence electrons. The molecule has 3 nitrogen and oxygen atoms in total. The van der Waals surface area contributed by atoms with Crippen LogP contribution in [0.4, 0.5) is 11.4 Å². The molecular weight excluding hydrogens is 290 g/mol. The van der Waals surface area contributed by atoms with E-state index in [9.17, 15) is 0 Å². The van der Waals surface area contributed by atoms with Gasteiger partial charge < -0.3 is 4.90 Å². The van der Waals surface area contributed by atoms with Crippen LogP contribution in [0.5, 0.6) is 0 Å². The summed E-state index contributed by atoms with van der Waals surface area (Å²) in [4.78, 5) is 10.8. The first-order valence-electron chi connectivity index (χ1n) is 7.16. The van der Waals surface area contributed by atoms with E-state index in [0.29, 0.717) is 0 Å². The predicted molar refractivity (Wildman–Crippen MR) is 96.0 cm³/mol. The van der Waals surface area contributed by atoms with Crippen LogP contribution in [0.2, 0.25) is 0 Å². The second-order valence-electron chi connectivity index (χ2n) is 5.61. The van der Waals surface area contributed by atoms with Crippen LogP contribution in [0.3, 0.4) is 0 Å². The van der Waals surface area contributed by atoms with E-state index in [1.807, 2.05) is 19.2 Å². The highest BCUT2D eigenvalue weighted by Gasteiger charge is 2.18. The molecule has 22 heavy (non-hydrogen) atoms. The van der Waals surface area contributed by atoms with Crippen LogP contribution < -0.4 is 4.90 Å². The molecule has 0 aliphatic carbocycles. The Morgan fingerprint density at radius 2 is 2.09 bits per heavy atom. The van der Waals surface area contributed by atoms with Gasteiger partial charge in [0.15, 0.2) is 0 Å². The molecule has 3 rings (SSSR count). The SMILES string of the molecule is Cc1cc2c(cn1)C=C(c1cc(N=C=S)ccc1C)CN2C. The zero-order chi connectivity index (χ0) is 15.7. The van der Waals surface area contributed by atoms with E-state index in [1.54, 1.807) is 0 Å². The Morgan fingerprint density at radius 3 is 2.86 bits per heavy atom. The van der Waals surface area contributed by atoms with Crippen molar-refractivity contribution in [1.82, 2.24) is 4.98 Å². The number of pyridine rings is 1. The van der Waals surface area contributed by atoms with E-state index in [1.165, 1.54) is 22.4 Å². The fourth-order valence-electron chi connectivity index (χ4n) is 2.81. The lowest BCUT2D eigenvalue weighted by Gasteiger charge is -2.28. The lowest BCUT2D eigenvalue weighted by molar-refractivity contribution is 1.01.